The van der Waals surface area contributed by atoms with Crippen LogP contribution >= 0.6 is 0 Å². The number of aromatic nitrogens is 2. The van der Waals surface area contributed by atoms with Crippen LogP contribution in [0.25, 0.3) is 0 Å². The van der Waals surface area contributed by atoms with Gasteiger partial charge in [0.25, 0.3) is 5.56 Å². The molecule has 0 spiro atoms. The summed E-state index contributed by atoms with van der Waals surface area (Å²) in [4.78, 5) is 28.2. The number of fused-ring (bicyclic) bond motifs is 1. The fraction of sp³-hybridized carbons (Fsp3) is 0.415. The van der Waals surface area contributed by atoms with Crippen molar-refractivity contribution in [2.45, 2.75) is 83.0 Å². The molecule has 0 bridgehead atoms. The Hall–Kier alpha value is -3.85. The molecule has 1 N–H and O–H groups in total. The van der Waals surface area contributed by atoms with Crippen molar-refractivity contribution >= 4 is 16.6 Å². The van der Waals surface area contributed by atoms with Crippen LogP contribution in [-0.2, 0) is 23.9 Å². The summed E-state index contributed by atoms with van der Waals surface area (Å²) in [5.41, 5.74) is 1.29. The molecule has 3 heterocycles. The molecule has 4 atom stereocenters. The van der Waals surface area contributed by atoms with Crippen LogP contribution in [-0.4, -0.2) is 58.7 Å². The molecule has 0 aliphatic carbocycles. The quantitative estimate of drug-likeness (QED) is 0.126. The van der Waals surface area contributed by atoms with Gasteiger partial charge in [0.1, 0.15) is 11.4 Å². The van der Waals surface area contributed by atoms with Gasteiger partial charge >= 0.3 is 5.69 Å². The summed E-state index contributed by atoms with van der Waals surface area (Å²) in [6, 6.07) is 28.4. The minimum atomic E-state index is -2.48. The smallest absolute Gasteiger partial charge is 0.330 e. The fourth-order valence-corrected chi connectivity index (χ4v) is 11.0. The molecule has 2 saturated heterocycles. The number of aryl methyl sites for hydroxylation is 1. The van der Waals surface area contributed by atoms with Crippen LogP contribution in [0.4, 0.5) is 0 Å². The average Bonchev–Trinajstić information content (AvgIpc) is 3.58. The van der Waals surface area contributed by atoms with Gasteiger partial charge < -0.3 is 23.1 Å². The first-order chi connectivity index (χ1) is 24.6. The van der Waals surface area contributed by atoms with E-state index in [1.54, 1.807) is 20.2 Å². The maximum atomic E-state index is 13.3. The summed E-state index contributed by atoms with van der Waals surface area (Å²) in [6.45, 7) is 17.9. The summed E-state index contributed by atoms with van der Waals surface area (Å²) in [5, 5.41) is 1.24. The lowest BCUT2D eigenvalue weighted by Gasteiger charge is -2.37. The van der Waals surface area contributed by atoms with Crippen molar-refractivity contribution in [3.05, 3.63) is 145 Å². The van der Waals surface area contributed by atoms with E-state index in [9.17, 15) is 9.59 Å². The van der Waals surface area contributed by atoms with E-state index in [0.717, 1.165) is 22.4 Å². The van der Waals surface area contributed by atoms with Crippen LogP contribution in [0.5, 0.6) is 5.75 Å². The molecule has 2 fully saturated rings. The Morgan fingerprint density at radius 1 is 0.904 bits per heavy atom. The number of ether oxygens (including phenoxy) is 3. The van der Waals surface area contributed by atoms with Gasteiger partial charge in [-0.15, -0.1) is 0 Å². The van der Waals surface area contributed by atoms with Crippen LogP contribution in [0.2, 0.25) is 31.2 Å². The Labute approximate surface area is 308 Å². The first-order valence-electron chi connectivity index (χ1n) is 18.0. The molecule has 2 aliphatic rings. The lowest BCUT2D eigenvalue weighted by atomic mass is 9.80. The Bertz CT molecular complexity index is 1960. The van der Waals surface area contributed by atoms with E-state index < -0.39 is 51.9 Å². The highest BCUT2D eigenvalue weighted by Crippen LogP contribution is 2.51. The van der Waals surface area contributed by atoms with Gasteiger partial charge in [0.15, 0.2) is 14.5 Å². The zero-order chi connectivity index (χ0) is 37.5. The molecule has 6 rings (SSSR count). The first-order valence-corrected chi connectivity index (χ1v) is 23.8. The summed E-state index contributed by atoms with van der Waals surface area (Å²) in [6.07, 6.45) is 2.04. The monoisotopic (exact) mass is 740 g/mol. The highest BCUT2D eigenvalue weighted by Gasteiger charge is 2.59. The van der Waals surface area contributed by atoms with Crippen molar-refractivity contribution in [3.63, 3.8) is 0 Å². The second-order valence-corrected chi connectivity index (χ2v) is 24.5. The van der Waals surface area contributed by atoms with Crippen LogP contribution < -0.4 is 16.0 Å². The number of methoxy groups -OCH3 is 1. The van der Waals surface area contributed by atoms with E-state index in [0.29, 0.717) is 12.2 Å². The molecule has 1 aromatic heterocycles. The average molecular weight is 741 g/mol. The topological polar surface area (TPSA) is 101 Å². The van der Waals surface area contributed by atoms with Gasteiger partial charge in [-0.2, -0.15) is 0 Å². The molecule has 0 amide bonds. The third-order valence-corrected chi connectivity index (χ3v) is 18.4. The Balaban J connectivity index is 1.46. The number of benzene rings is 3. The second kappa shape index (κ2) is 14.5. The van der Waals surface area contributed by atoms with Gasteiger partial charge in [0.05, 0.1) is 32.5 Å². The number of H-pyrrole nitrogens is 1. The molecule has 52 heavy (non-hydrogen) atoms. The van der Waals surface area contributed by atoms with Gasteiger partial charge in [-0.3, -0.25) is 14.3 Å². The number of aromatic amines is 1. The van der Waals surface area contributed by atoms with Crippen molar-refractivity contribution in [1.82, 2.24) is 9.55 Å². The molecule has 276 valence electrons. The lowest BCUT2D eigenvalue weighted by molar-refractivity contribution is -0.0898. The van der Waals surface area contributed by atoms with Crippen molar-refractivity contribution < 1.29 is 23.1 Å². The summed E-state index contributed by atoms with van der Waals surface area (Å²) in [7, 11) is -2.86. The predicted molar refractivity (Wildman–Crippen MR) is 209 cm³/mol. The van der Waals surface area contributed by atoms with Crippen LogP contribution in [0.3, 0.4) is 0 Å². The minimum absolute atomic E-state index is 0.0635. The van der Waals surface area contributed by atoms with E-state index >= 15 is 0 Å². The van der Waals surface area contributed by atoms with Gasteiger partial charge in [-0.05, 0) is 72.2 Å². The van der Waals surface area contributed by atoms with Gasteiger partial charge in [0, 0.05) is 17.7 Å². The Morgan fingerprint density at radius 3 is 2.04 bits per heavy atom. The van der Waals surface area contributed by atoms with E-state index in [2.05, 4.69) is 82.3 Å². The van der Waals surface area contributed by atoms with Gasteiger partial charge in [-0.1, -0.05) is 99.6 Å². The van der Waals surface area contributed by atoms with Crippen LogP contribution in [0.1, 0.15) is 49.3 Å². The molecule has 4 aromatic rings. The van der Waals surface area contributed by atoms with Crippen molar-refractivity contribution in [2.24, 2.45) is 5.92 Å². The maximum Gasteiger partial charge on any atom is 0.330 e. The Kier molecular flexibility index (Phi) is 10.6. The number of nitrogens with one attached hydrogen (secondary N) is 1. The largest absolute Gasteiger partial charge is 0.497 e. The van der Waals surface area contributed by atoms with Crippen molar-refractivity contribution in [2.75, 3.05) is 20.3 Å². The second-order valence-electron chi connectivity index (χ2n) is 15.8. The van der Waals surface area contributed by atoms with E-state index in [1.165, 1.54) is 9.76 Å². The summed E-state index contributed by atoms with van der Waals surface area (Å²) in [5.74, 6) is 0.532. The van der Waals surface area contributed by atoms with Gasteiger partial charge in [0.2, 0.25) is 8.32 Å². The highest BCUT2D eigenvalue weighted by molar-refractivity contribution is 6.79. The molecule has 0 saturated carbocycles. The molecule has 9 nitrogen and oxygen atoms in total. The lowest BCUT2D eigenvalue weighted by Crippen LogP contribution is -2.41. The molecular weight excluding hydrogens is 689 g/mol. The molecular formula is C41H52N2O7Si2. The summed E-state index contributed by atoms with van der Waals surface area (Å²) < 4.78 is 34.8. The van der Waals surface area contributed by atoms with Crippen LogP contribution in [0.15, 0.2) is 112 Å². The molecule has 0 unspecified atom stereocenters. The summed E-state index contributed by atoms with van der Waals surface area (Å²) >= 11 is 0. The van der Waals surface area contributed by atoms with E-state index in [4.69, 9.17) is 23.1 Å². The number of nitrogens with zero attached hydrogens (tertiary/aromatic N) is 1. The first kappa shape index (κ1) is 37.9. The standard InChI is InChI=1S/C41H52N2O7Si2/c1-28-26-43(39(45)42-37(28)44)38-36-35(34(51(6,7)50-36)24-25-48-52(8,9)40(2,3)4)33(49-38)27-47-41(29-16-12-10-13-17-29,30-18-14-11-15-19-30)31-20-22-32(46-5)23-21-31/h10-24,26,33,35-36,38H,25,27H2,1-9H3,(H,42,44,45)/b34-24-/t33-,35+,36-,38-/m1/s1. The Morgan fingerprint density at radius 2 is 1.48 bits per heavy atom. The molecule has 0 radical (unpaired) electrons. The SMILES string of the molecule is COc1ccc(C(OC[C@H]2O[C@@H](n3cc(C)c(=O)[nH]c3=O)[C@@H]3O[Si](C)(C)/C(=C\CO[Si](C)(C)C(C)(C)C)[C@@H]32)(c2ccccc2)c2ccccc2)cc1. The maximum absolute atomic E-state index is 13.3. The minimum Gasteiger partial charge on any atom is -0.497 e. The number of rotatable bonds is 11. The number of hydrogen-bond donors (Lipinski definition) is 1. The zero-order valence-corrected chi connectivity index (χ0v) is 33.8. The number of hydrogen-bond acceptors (Lipinski definition) is 7. The van der Waals surface area contributed by atoms with Crippen molar-refractivity contribution in [1.29, 1.82) is 0 Å². The predicted octanol–water partition coefficient (Wildman–Crippen LogP) is 7.47. The molecule has 2 aliphatic heterocycles. The van der Waals surface area contributed by atoms with Gasteiger partial charge in [-0.25, -0.2) is 4.79 Å². The van der Waals surface area contributed by atoms with E-state index in [1.807, 2.05) is 60.7 Å². The van der Waals surface area contributed by atoms with Crippen LogP contribution in [0, 0.1) is 12.8 Å². The van der Waals surface area contributed by atoms with E-state index in [-0.39, 0.29) is 17.6 Å². The molecule has 3 aromatic carbocycles. The van der Waals surface area contributed by atoms with Crippen molar-refractivity contribution in [3.8, 4) is 5.75 Å². The molecule has 11 heteroatoms. The fourth-order valence-electron chi connectivity index (χ4n) is 7.26. The normalized spacial score (nSPS) is 22.4. The third kappa shape index (κ3) is 7.10. The zero-order valence-electron chi connectivity index (χ0n) is 31.8. The third-order valence-electron chi connectivity index (χ3n) is 11.1. The highest BCUT2D eigenvalue weighted by atomic mass is 28.4.